The fraction of sp³-hybridized carbons (Fsp3) is 0.409. The fourth-order valence-electron chi connectivity index (χ4n) is 4.21. The topological polar surface area (TPSA) is 68.1 Å². The van der Waals surface area contributed by atoms with Gasteiger partial charge in [-0.1, -0.05) is 12.1 Å². The summed E-state index contributed by atoms with van der Waals surface area (Å²) in [7, 11) is 0. The van der Waals surface area contributed by atoms with Crippen molar-refractivity contribution in [3.63, 3.8) is 0 Å². The molecule has 7 heteroatoms. The number of piperidine rings is 1. The van der Waals surface area contributed by atoms with E-state index in [-0.39, 0.29) is 0 Å². The molecule has 0 spiro atoms. The SMILES string of the molecule is Cc1cc(Nc2ncn(-c3ccccn3)n2)cc(C2CCCN(C3COC3)C2)c1. The molecule has 4 heterocycles. The fourth-order valence-corrected chi connectivity index (χ4v) is 4.21. The number of pyridine rings is 1. The molecule has 7 nitrogen and oxygen atoms in total. The molecule has 2 aliphatic rings. The zero-order chi connectivity index (χ0) is 19.6. The average Bonchev–Trinajstić information content (AvgIpc) is 3.16. The summed E-state index contributed by atoms with van der Waals surface area (Å²) in [6.45, 7) is 6.23. The first kappa shape index (κ1) is 18.3. The lowest BCUT2D eigenvalue weighted by Gasteiger charge is -2.42. The monoisotopic (exact) mass is 390 g/mol. The summed E-state index contributed by atoms with van der Waals surface area (Å²) < 4.78 is 7.07. The standard InChI is InChI=1S/C22H26N6O/c1-16-9-18(17-5-4-8-27(12-17)20-13-29-14-20)11-19(10-16)25-22-24-15-28(26-22)21-6-2-3-7-23-21/h2-3,6-7,9-11,15,17,20H,4-5,8,12-14H2,1H3,(H,25,26). The van der Waals surface area contributed by atoms with Crippen molar-refractivity contribution in [3.8, 4) is 5.82 Å². The Hall–Kier alpha value is -2.77. The van der Waals surface area contributed by atoms with Crippen LogP contribution in [0.25, 0.3) is 5.82 Å². The minimum absolute atomic E-state index is 0.559. The van der Waals surface area contributed by atoms with E-state index in [0.717, 1.165) is 31.3 Å². The van der Waals surface area contributed by atoms with E-state index in [1.807, 2.05) is 18.2 Å². The van der Waals surface area contributed by atoms with Crippen LogP contribution in [0.2, 0.25) is 0 Å². The van der Waals surface area contributed by atoms with Crippen molar-refractivity contribution in [2.75, 3.05) is 31.6 Å². The van der Waals surface area contributed by atoms with Crippen molar-refractivity contribution in [2.24, 2.45) is 0 Å². The summed E-state index contributed by atoms with van der Waals surface area (Å²) in [4.78, 5) is 11.3. The minimum atomic E-state index is 0.559. The Bertz CT molecular complexity index is 968. The van der Waals surface area contributed by atoms with Gasteiger partial charge in [-0.05, 0) is 67.6 Å². The highest BCUT2D eigenvalue weighted by Gasteiger charge is 2.31. The van der Waals surface area contributed by atoms with E-state index in [1.165, 1.54) is 30.5 Å². The van der Waals surface area contributed by atoms with Gasteiger partial charge in [0.1, 0.15) is 6.33 Å². The number of nitrogens with one attached hydrogen (secondary N) is 1. The first-order valence-electron chi connectivity index (χ1n) is 10.3. The molecule has 1 atom stereocenters. The van der Waals surface area contributed by atoms with Crippen LogP contribution in [-0.2, 0) is 4.74 Å². The van der Waals surface area contributed by atoms with E-state index in [9.17, 15) is 0 Å². The van der Waals surface area contributed by atoms with E-state index in [2.05, 4.69) is 50.4 Å². The molecule has 5 rings (SSSR count). The Morgan fingerprint density at radius 2 is 2.07 bits per heavy atom. The number of ether oxygens (including phenoxy) is 1. The third-order valence-electron chi connectivity index (χ3n) is 5.79. The first-order chi connectivity index (χ1) is 14.2. The van der Waals surface area contributed by atoms with Crippen molar-refractivity contribution < 1.29 is 4.74 Å². The van der Waals surface area contributed by atoms with Crippen molar-refractivity contribution in [2.45, 2.75) is 31.7 Å². The van der Waals surface area contributed by atoms with Crippen molar-refractivity contribution >= 4 is 11.6 Å². The van der Waals surface area contributed by atoms with Gasteiger partial charge in [-0.25, -0.2) is 9.67 Å². The maximum absolute atomic E-state index is 5.40. The molecule has 0 aliphatic carbocycles. The summed E-state index contributed by atoms with van der Waals surface area (Å²) in [5.74, 6) is 1.88. The number of aromatic nitrogens is 4. The molecular formula is C22H26N6O. The number of aryl methyl sites for hydroxylation is 1. The van der Waals surface area contributed by atoms with Gasteiger partial charge in [0.15, 0.2) is 5.82 Å². The third-order valence-corrected chi connectivity index (χ3v) is 5.79. The number of benzene rings is 1. The predicted octanol–water partition coefficient (Wildman–Crippen LogP) is 3.29. The van der Waals surface area contributed by atoms with Gasteiger partial charge < -0.3 is 10.1 Å². The summed E-state index contributed by atoms with van der Waals surface area (Å²) in [5, 5.41) is 7.88. The number of nitrogens with zero attached hydrogens (tertiary/aromatic N) is 5. The zero-order valence-corrected chi connectivity index (χ0v) is 16.7. The van der Waals surface area contributed by atoms with E-state index < -0.39 is 0 Å². The van der Waals surface area contributed by atoms with Crippen LogP contribution in [0, 0.1) is 6.92 Å². The minimum Gasteiger partial charge on any atom is -0.378 e. The Morgan fingerprint density at radius 3 is 2.86 bits per heavy atom. The van der Waals surface area contributed by atoms with Crippen LogP contribution in [0.5, 0.6) is 0 Å². The summed E-state index contributed by atoms with van der Waals surface area (Å²) in [6, 6.07) is 13.1. The highest BCUT2D eigenvalue weighted by atomic mass is 16.5. The number of hydrogen-bond donors (Lipinski definition) is 1. The smallest absolute Gasteiger partial charge is 0.247 e. The van der Waals surface area contributed by atoms with E-state index in [4.69, 9.17) is 4.74 Å². The second-order valence-electron chi connectivity index (χ2n) is 7.98. The van der Waals surface area contributed by atoms with Crippen LogP contribution in [-0.4, -0.2) is 57.0 Å². The Balaban J connectivity index is 1.32. The van der Waals surface area contributed by atoms with Gasteiger partial charge >= 0.3 is 0 Å². The lowest BCUT2D eigenvalue weighted by molar-refractivity contribution is -0.0721. The zero-order valence-electron chi connectivity index (χ0n) is 16.7. The number of rotatable bonds is 5. The van der Waals surface area contributed by atoms with Gasteiger partial charge in [-0.2, -0.15) is 4.98 Å². The van der Waals surface area contributed by atoms with Gasteiger partial charge in [0, 0.05) is 18.4 Å². The maximum Gasteiger partial charge on any atom is 0.247 e. The normalized spacial score (nSPS) is 20.4. The summed E-state index contributed by atoms with van der Waals surface area (Å²) in [6.07, 6.45) is 5.91. The molecular weight excluding hydrogens is 364 g/mol. The van der Waals surface area contributed by atoms with Gasteiger partial charge in [0.25, 0.3) is 0 Å². The lowest BCUT2D eigenvalue weighted by Crippen LogP contribution is -2.52. The summed E-state index contributed by atoms with van der Waals surface area (Å²) >= 11 is 0. The Morgan fingerprint density at radius 1 is 1.14 bits per heavy atom. The molecule has 2 saturated heterocycles. The van der Waals surface area contributed by atoms with Gasteiger partial charge in [-0.3, -0.25) is 4.90 Å². The van der Waals surface area contributed by atoms with Crippen LogP contribution in [0.15, 0.2) is 48.9 Å². The summed E-state index contributed by atoms with van der Waals surface area (Å²) in [5.41, 5.74) is 3.67. The number of anilines is 2. The van der Waals surface area contributed by atoms with E-state index in [1.54, 1.807) is 17.2 Å². The highest BCUT2D eigenvalue weighted by Crippen LogP contribution is 2.32. The van der Waals surface area contributed by atoms with Gasteiger partial charge in [0.05, 0.1) is 19.3 Å². The van der Waals surface area contributed by atoms with Crippen LogP contribution in [0.3, 0.4) is 0 Å². The van der Waals surface area contributed by atoms with Crippen LogP contribution < -0.4 is 5.32 Å². The van der Waals surface area contributed by atoms with Crippen LogP contribution in [0.1, 0.15) is 29.9 Å². The molecule has 1 aromatic carbocycles. The molecule has 150 valence electrons. The highest BCUT2D eigenvalue weighted by molar-refractivity contribution is 5.56. The van der Waals surface area contributed by atoms with E-state index in [0.29, 0.717) is 17.9 Å². The molecule has 2 aromatic heterocycles. The molecule has 1 unspecified atom stereocenters. The molecule has 0 saturated carbocycles. The molecule has 2 fully saturated rings. The molecule has 29 heavy (non-hydrogen) atoms. The molecule has 0 amide bonds. The predicted molar refractivity (Wildman–Crippen MR) is 112 cm³/mol. The van der Waals surface area contributed by atoms with Gasteiger partial charge in [0.2, 0.25) is 5.95 Å². The Labute approximate surface area is 170 Å². The van der Waals surface area contributed by atoms with Gasteiger partial charge in [-0.15, -0.1) is 5.10 Å². The van der Waals surface area contributed by atoms with E-state index >= 15 is 0 Å². The maximum atomic E-state index is 5.40. The second-order valence-corrected chi connectivity index (χ2v) is 7.98. The quantitative estimate of drug-likeness (QED) is 0.721. The van der Waals surface area contributed by atoms with Crippen LogP contribution in [0.4, 0.5) is 11.6 Å². The molecule has 1 N–H and O–H groups in total. The first-order valence-corrected chi connectivity index (χ1v) is 10.3. The van der Waals surface area contributed by atoms with Crippen molar-refractivity contribution in [3.05, 3.63) is 60.0 Å². The Kier molecular flexibility index (Phi) is 4.99. The number of hydrogen-bond acceptors (Lipinski definition) is 6. The largest absolute Gasteiger partial charge is 0.378 e. The molecule has 0 radical (unpaired) electrons. The molecule has 2 aliphatic heterocycles. The van der Waals surface area contributed by atoms with Crippen molar-refractivity contribution in [1.29, 1.82) is 0 Å². The second kappa shape index (κ2) is 7.93. The molecule has 0 bridgehead atoms. The molecule has 3 aromatic rings. The third kappa shape index (κ3) is 4.02. The average molecular weight is 390 g/mol. The van der Waals surface area contributed by atoms with Crippen molar-refractivity contribution in [1.82, 2.24) is 24.6 Å². The van der Waals surface area contributed by atoms with Crippen LogP contribution >= 0.6 is 0 Å². The lowest BCUT2D eigenvalue weighted by atomic mass is 9.88. The number of likely N-dealkylation sites (tertiary alicyclic amines) is 1.